The second-order valence-corrected chi connectivity index (χ2v) is 6.33. The van der Waals surface area contributed by atoms with Gasteiger partial charge in [-0.1, -0.05) is 41.9 Å². The molecule has 2 aromatic carbocycles. The number of fused-ring (bicyclic) bond motifs is 1. The predicted octanol–water partition coefficient (Wildman–Crippen LogP) is 4.12. The Balaban J connectivity index is 1.58. The first-order valence-corrected chi connectivity index (χ1v) is 8.62. The largest absolute Gasteiger partial charge is 0.348 e. The van der Waals surface area contributed by atoms with Crippen LogP contribution < -0.4 is 5.32 Å². The number of benzene rings is 2. The first-order valence-electron chi connectivity index (χ1n) is 8.25. The van der Waals surface area contributed by atoms with Crippen molar-refractivity contribution in [3.05, 3.63) is 88.8 Å². The second-order valence-electron chi connectivity index (χ2n) is 5.92. The van der Waals surface area contributed by atoms with Crippen LogP contribution in [0.5, 0.6) is 0 Å². The van der Waals surface area contributed by atoms with Crippen molar-refractivity contribution in [2.24, 2.45) is 0 Å². The molecule has 134 valence electrons. The summed E-state index contributed by atoms with van der Waals surface area (Å²) in [5.74, 6) is -0.0768. The maximum absolute atomic E-state index is 13.7. The molecule has 4 rings (SSSR count). The van der Waals surface area contributed by atoms with E-state index in [0.717, 1.165) is 5.56 Å². The molecule has 5 nitrogen and oxygen atoms in total. The average molecular weight is 381 g/mol. The number of amides is 1. The molecule has 1 amide bonds. The highest BCUT2D eigenvalue weighted by atomic mass is 35.5. The molecule has 0 atom stereocenters. The Morgan fingerprint density at radius 3 is 2.67 bits per heavy atom. The number of nitrogens with one attached hydrogen (secondary N) is 1. The lowest BCUT2D eigenvalue weighted by molar-refractivity contribution is 0.0950. The molecule has 0 unspecified atom stereocenters. The zero-order valence-electron chi connectivity index (χ0n) is 14.1. The number of halogens is 2. The van der Waals surface area contributed by atoms with Gasteiger partial charge in [-0.2, -0.15) is 0 Å². The van der Waals surface area contributed by atoms with E-state index in [9.17, 15) is 9.18 Å². The third kappa shape index (κ3) is 3.39. The average Bonchev–Trinajstić information content (AvgIpc) is 3.10. The van der Waals surface area contributed by atoms with E-state index in [4.69, 9.17) is 11.6 Å². The Bertz CT molecular complexity index is 1140. The number of rotatable bonds is 4. The molecular weight excluding hydrogens is 367 g/mol. The van der Waals surface area contributed by atoms with Crippen LogP contribution in [0.15, 0.2) is 66.9 Å². The van der Waals surface area contributed by atoms with E-state index < -0.39 is 0 Å². The highest BCUT2D eigenvalue weighted by Gasteiger charge is 2.13. The zero-order chi connectivity index (χ0) is 18.8. The topological polar surface area (TPSA) is 59.3 Å². The number of nitrogens with zero attached hydrogens (tertiary/aromatic N) is 3. The molecule has 0 bridgehead atoms. The minimum atomic E-state index is -0.352. The summed E-state index contributed by atoms with van der Waals surface area (Å²) in [6.07, 6.45) is 1.71. The molecule has 0 saturated heterocycles. The molecule has 0 fully saturated rings. The Labute approximate surface area is 159 Å². The van der Waals surface area contributed by atoms with Gasteiger partial charge in [-0.05, 0) is 30.3 Å². The van der Waals surface area contributed by atoms with Gasteiger partial charge in [0.05, 0.1) is 5.02 Å². The van der Waals surface area contributed by atoms with Gasteiger partial charge in [0.25, 0.3) is 5.91 Å². The summed E-state index contributed by atoms with van der Waals surface area (Å²) >= 11 is 6.23. The van der Waals surface area contributed by atoms with Crippen molar-refractivity contribution in [2.45, 2.75) is 6.54 Å². The van der Waals surface area contributed by atoms with Crippen LogP contribution in [-0.4, -0.2) is 20.5 Å². The van der Waals surface area contributed by atoms with Crippen molar-refractivity contribution in [1.82, 2.24) is 19.9 Å². The van der Waals surface area contributed by atoms with Crippen LogP contribution in [0.4, 0.5) is 4.39 Å². The highest BCUT2D eigenvalue weighted by Crippen LogP contribution is 2.26. The summed E-state index contributed by atoms with van der Waals surface area (Å²) < 4.78 is 15.4. The maximum Gasteiger partial charge on any atom is 0.251 e. The fourth-order valence-electron chi connectivity index (χ4n) is 2.78. The smallest absolute Gasteiger partial charge is 0.251 e. The molecule has 1 N–H and O–H groups in total. The Morgan fingerprint density at radius 2 is 1.85 bits per heavy atom. The molecule has 0 aliphatic carbocycles. The molecule has 2 aromatic heterocycles. The zero-order valence-corrected chi connectivity index (χ0v) is 14.8. The van der Waals surface area contributed by atoms with Crippen LogP contribution in [0, 0.1) is 5.82 Å². The van der Waals surface area contributed by atoms with Gasteiger partial charge in [-0.15, -0.1) is 10.2 Å². The summed E-state index contributed by atoms with van der Waals surface area (Å²) in [6, 6.07) is 17.0. The van der Waals surface area contributed by atoms with E-state index >= 15 is 0 Å². The first kappa shape index (κ1) is 17.2. The predicted molar refractivity (Wildman–Crippen MR) is 101 cm³/mol. The van der Waals surface area contributed by atoms with E-state index in [0.29, 0.717) is 27.6 Å². The molecule has 0 saturated carbocycles. The first-order chi connectivity index (χ1) is 13.1. The van der Waals surface area contributed by atoms with Gasteiger partial charge >= 0.3 is 0 Å². The lowest BCUT2D eigenvalue weighted by Crippen LogP contribution is -2.23. The standard InChI is InChI=1S/C20H14ClFN4O/c21-16-7-3-2-6-15(16)19-25-24-18-11-13(9-10-26(18)19)20(27)23-12-14-5-1-4-8-17(14)22/h1-11H,12H2,(H,23,27). The van der Waals surface area contributed by atoms with Gasteiger partial charge in [-0.25, -0.2) is 4.39 Å². The van der Waals surface area contributed by atoms with Crippen molar-refractivity contribution in [2.75, 3.05) is 0 Å². The van der Waals surface area contributed by atoms with Crippen molar-refractivity contribution in [3.8, 4) is 11.4 Å². The normalized spacial score (nSPS) is 10.9. The minimum Gasteiger partial charge on any atom is -0.348 e. The van der Waals surface area contributed by atoms with Crippen LogP contribution in [0.1, 0.15) is 15.9 Å². The van der Waals surface area contributed by atoms with Crippen LogP contribution >= 0.6 is 11.6 Å². The lowest BCUT2D eigenvalue weighted by atomic mass is 10.2. The SMILES string of the molecule is O=C(NCc1ccccc1F)c1ccn2c(-c3ccccc3Cl)nnc2c1. The van der Waals surface area contributed by atoms with E-state index in [-0.39, 0.29) is 18.3 Å². The van der Waals surface area contributed by atoms with E-state index in [2.05, 4.69) is 15.5 Å². The number of hydrogen-bond acceptors (Lipinski definition) is 3. The molecule has 0 aliphatic heterocycles. The van der Waals surface area contributed by atoms with Gasteiger partial charge in [0.1, 0.15) is 5.82 Å². The Kier molecular flexibility index (Phi) is 4.56. The van der Waals surface area contributed by atoms with Crippen molar-refractivity contribution < 1.29 is 9.18 Å². The molecule has 0 aliphatic rings. The maximum atomic E-state index is 13.7. The number of hydrogen-bond donors (Lipinski definition) is 1. The van der Waals surface area contributed by atoms with E-state index in [1.54, 1.807) is 47.0 Å². The Morgan fingerprint density at radius 1 is 1.07 bits per heavy atom. The van der Waals surface area contributed by atoms with Crippen molar-refractivity contribution >= 4 is 23.2 Å². The Hall–Kier alpha value is -3.25. The second kappa shape index (κ2) is 7.17. The molecule has 0 radical (unpaired) electrons. The molecule has 7 heteroatoms. The molecule has 4 aromatic rings. The number of pyridine rings is 1. The van der Waals surface area contributed by atoms with Crippen LogP contribution in [0.25, 0.3) is 17.0 Å². The lowest BCUT2D eigenvalue weighted by Gasteiger charge is -2.07. The minimum absolute atomic E-state index is 0.105. The fourth-order valence-corrected chi connectivity index (χ4v) is 3.00. The highest BCUT2D eigenvalue weighted by molar-refractivity contribution is 6.33. The van der Waals surface area contributed by atoms with Crippen LogP contribution in [0.2, 0.25) is 5.02 Å². The molecule has 27 heavy (non-hydrogen) atoms. The number of carbonyl (C=O) groups is 1. The van der Waals surface area contributed by atoms with Gasteiger partial charge in [0.2, 0.25) is 0 Å². The van der Waals surface area contributed by atoms with Crippen molar-refractivity contribution in [1.29, 1.82) is 0 Å². The van der Waals surface area contributed by atoms with Gasteiger partial charge in [-0.3, -0.25) is 9.20 Å². The van der Waals surface area contributed by atoms with Crippen LogP contribution in [-0.2, 0) is 6.54 Å². The van der Waals surface area contributed by atoms with Gasteiger partial charge < -0.3 is 5.32 Å². The number of carbonyl (C=O) groups excluding carboxylic acids is 1. The summed E-state index contributed by atoms with van der Waals surface area (Å²) in [6.45, 7) is 0.105. The fraction of sp³-hybridized carbons (Fsp3) is 0.0500. The third-order valence-electron chi connectivity index (χ3n) is 4.18. The van der Waals surface area contributed by atoms with Crippen LogP contribution in [0.3, 0.4) is 0 Å². The quantitative estimate of drug-likeness (QED) is 0.579. The summed E-state index contributed by atoms with van der Waals surface area (Å²) in [7, 11) is 0. The monoisotopic (exact) mass is 380 g/mol. The van der Waals surface area contributed by atoms with Gasteiger partial charge in [0.15, 0.2) is 11.5 Å². The summed E-state index contributed by atoms with van der Waals surface area (Å²) in [5.41, 5.74) is 2.11. The van der Waals surface area contributed by atoms with E-state index in [1.165, 1.54) is 6.07 Å². The molecular formula is C20H14ClFN4O. The van der Waals surface area contributed by atoms with Crippen molar-refractivity contribution in [3.63, 3.8) is 0 Å². The van der Waals surface area contributed by atoms with E-state index in [1.807, 2.05) is 18.2 Å². The molecule has 2 heterocycles. The third-order valence-corrected chi connectivity index (χ3v) is 4.51. The number of aromatic nitrogens is 3. The summed E-state index contributed by atoms with van der Waals surface area (Å²) in [4.78, 5) is 12.4. The van der Waals surface area contributed by atoms with Gasteiger partial charge in [0, 0.05) is 29.4 Å². The molecule has 0 spiro atoms. The summed E-state index contributed by atoms with van der Waals surface area (Å²) in [5, 5.41) is 11.6.